The summed E-state index contributed by atoms with van der Waals surface area (Å²) in [6.07, 6.45) is 2.09. The van der Waals surface area contributed by atoms with Crippen molar-refractivity contribution >= 4 is 49.4 Å². The topological polar surface area (TPSA) is 30.4 Å². The fraction of sp³-hybridized carbons (Fsp3) is 0. The Kier molecular flexibility index (Phi) is 3.02. The summed E-state index contributed by atoms with van der Waals surface area (Å²) in [5, 5.41) is 4.41. The number of imidazole rings is 1. The van der Waals surface area contributed by atoms with Crippen LogP contribution in [0.25, 0.3) is 49.4 Å². The second-order valence-corrected chi connectivity index (χ2v) is 6.02. The van der Waals surface area contributed by atoms with Crippen LogP contribution in [0.4, 0.5) is 0 Å². The molecule has 121 valence electrons. The predicted octanol–water partition coefficient (Wildman–Crippen LogP) is 5.34. The van der Waals surface area contributed by atoms with E-state index in [4.69, 9.17) is 9.40 Å². The molecule has 0 aliphatic rings. The fourth-order valence-electron chi connectivity index (χ4n) is 3.66. The molecule has 0 atom stereocenters. The molecule has 0 aliphatic heterocycles. The third-order valence-corrected chi connectivity index (χ3v) is 4.72. The van der Waals surface area contributed by atoms with Gasteiger partial charge >= 0.3 is 0 Å². The fourth-order valence-corrected chi connectivity index (χ4v) is 3.66. The van der Waals surface area contributed by atoms with Crippen LogP contribution in [-0.4, -0.2) is 9.38 Å². The summed E-state index contributed by atoms with van der Waals surface area (Å²) in [5.74, 6) is 0. The van der Waals surface area contributed by atoms with Crippen LogP contribution in [0.15, 0.2) is 71.3 Å². The van der Waals surface area contributed by atoms with Gasteiger partial charge in [-0.1, -0.05) is 47.2 Å². The Hall–Kier alpha value is -2.68. The van der Waals surface area contributed by atoms with Crippen molar-refractivity contribution < 1.29 is 24.5 Å². The normalized spacial score (nSPS) is 11.7. The molecule has 3 heterocycles. The van der Waals surface area contributed by atoms with E-state index in [0.717, 1.165) is 49.4 Å². The van der Waals surface area contributed by atoms with E-state index in [-0.39, 0.29) is 20.1 Å². The number of para-hydroxylation sites is 3. The number of fused-ring (bicyclic) bond motifs is 9. The molecule has 1 radical (unpaired) electrons. The first kappa shape index (κ1) is 14.6. The van der Waals surface area contributed by atoms with E-state index in [0.29, 0.717) is 0 Å². The summed E-state index contributed by atoms with van der Waals surface area (Å²) in [6.45, 7) is 0. The van der Waals surface area contributed by atoms with E-state index in [1.807, 2.05) is 42.5 Å². The molecule has 0 unspecified atom stereocenters. The quantitative estimate of drug-likeness (QED) is 0.264. The molecular formula is C21H11IrN2O-. The van der Waals surface area contributed by atoms with Crippen molar-refractivity contribution in [1.29, 1.82) is 0 Å². The number of benzene rings is 3. The van der Waals surface area contributed by atoms with E-state index >= 15 is 0 Å². The van der Waals surface area contributed by atoms with E-state index in [1.54, 1.807) is 0 Å². The number of hydrogen-bond donors (Lipinski definition) is 0. The summed E-state index contributed by atoms with van der Waals surface area (Å²) in [4.78, 5) is 4.82. The molecule has 0 saturated carbocycles. The van der Waals surface area contributed by atoms with E-state index < -0.39 is 0 Å². The second-order valence-electron chi connectivity index (χ2n) is 6.02. The second kappa shape index (κ2) is 5.16. The van der Waals surface area contributed by atoms with Crippen molar-refractivity contribution in [1.82, 2.24) is 9.38 Å². The van der Waals surface area contributed by atoms with E-state index in [1.165, 1.54) is 0 Å². The van der Waals surface area contributed by atoms with Gasteiger partial charge in [0.2, 0.25) is 0 Å². The molecule has 3 aromatic carbocycles. The first-order chi connectivity index (χ1) is 11.9. The molecule has 6 rings (SSSR count). The van der Waals surface area contributed by atoms with E-state index in [2.05, 4.69) is 34.9 Å². The van der Waals surface area contributed by atoms with Gasteiger partial charge in [0.1, 0.15) is 5.58 Å². The van der Waals surface area contributed by atoms with Crippen molar-refractivity contribution in [3.8, 4) is 0 Å². The minimum Gasteiger partial charge on any atom is -0.500 e. The van der Waals surface area contributed by atoms with Crippen molar-refractivity contribution in [2.24, 2.45) is 0 Å². The average molecular weight is 500 g/mol. The number of nitrogens with zero attached hydrogens (tertiary/aromatic N) is 2. The molecule has 25 heavy (non-hydrogen) atoms. The third kappa shape index (κ3) is 1.86. The first-order valence-electron chi connectivity index (χ1n) is 7.91. The van der Waals surface area contributed by atoms with Gasteiger partial charge in [-0.25, -0.2) is 0 Å². The molecule has 4 heteroatoms. The van der Waals surface area contributed by atoms with Gasteiger partial charge in [0.05, 0.1) is 22.3 Å². The zero-order valence-electron chi connectivity index (χ0n) is 13.0. The predicted molar refractivity (Wildman–Crippen MR) is 96.3 cm³/mol. The Labute approximate surface area is 156 Å². The van der Waals surface area contributed by atoms with Crippen LogP contribution in [0.2, 0.25) is 0 Å². The SMILES string of the molecule is [Ir].[c-]1cc2oc3ccccc3c2c2ccn3c4ccccc4nc3c12. The summed E-state index contributed by atoms with van der Waals surface area (Å²) in [6, 6.07) is 23.8. The molecule has 6 aromatic rings. The van der Waals surface area contributed by atoms with Crippen molar-refractivity contribution in [2.45, 2.75) is 0 Å². The molecule has 0 fully saturated rings. The van der Waals surface area contributed by atoms with Crippen LogP contribution < -0.4 is 0 Å². The molecule has 0 saturated heterocycles. The number of rotatable bonds is 0. The molecule has 0 bridgehead atoms. The molecule has 3 nitrogen and oxygen atoms in total. The number of aromatic nitrogens is 2. The molecule has 0 amide bonds. The standard InChI is InChI=1S/C21H11N2O.Ir/c1-4-8-18-15(5-1)20-13-11-12-23-17-7-3-2-6-16(17)22-21(23)14(13)9-10-19(20)24-18;/h1-8,10-12H;/q-1;. The maximum atomic E-state index is 5.97. The monoisotopic (exact) mass is 500 g/mol. The van der Waals surface area contributed by atoms with Gasteiger partial charge in [0.15, 0.2) is 0 Å². The van der Waals surface area contributed by atoms with Crippen molar-refractivity contribution in [2.75, 3.05) is 0 Å². The molecule has 0 aliphatic carbocycles. The Bertz CT molecular complexity index is 1410. The van der Waals surface area contributed by atoms with Gasteiger partial charge < -0.3 is 8.82 Å². The molecule has 0 N–H and O–H groups in total. The summed E-state index contributed by atoms with van der Waals surface area (Å²) < 4.78 is 8.10. The van der Waals surface area contributed by atoms with Crippen LogP contribution in [0, 0.1) is 6.07 Å². The van der Waals surface area contributed by atoms with Crippen LogP contribution in [0.3, 0.4) is 0 Å². The van der Waals surface area contributed by atoms with Crippen molar-refractivity contribution in [3.63, 3.8) is 0 Å². The average Bonchev–Trinajstić information content (AvgIpc) is 3.19. The summed E-state index contributed by atoms with van der Waals surface area (Å²) in [7, 11) is 0. The number of furan rings is 1. The van der Waals surface area contributed by atoms with Crippen LogP contribution in [-0.2, 0) is 20.1 Å². The van der Waals surface area contributed by atoms with E-state index in [9.17, 15) is 0 Å². The van der Waals surface area contributed by atoms with Gasteiger partial charge in [-0.2, -0.15) is 0 Å². The minimum absolute atomic E-state index is 0. The van der Waals surface area contributed by atoms with Crippen molar-refractivity contribution in [3.05, 3.63) is 72.9 Å². The maximum absolute atomic E-state index is 5.97. The van der Waals surface area contributed by atoms with Gasteiger partial charge in [-0.3, -0.25) is 4.98 Å². The van der Waals surface area contributed by atoms with Gasteiger partial charge in [-0.15, -0.1) is 12.1 Å². The first-order valence-corrected chi connectivity index (χ1v) is 7.91. The van der Waals surface area contributed by atoms with Crippen LogP contribution in [0.1, 0.15) is 0 Å². The molecule has 0 spiro atoms. The van der Waals surface area contributed by atoms with Crippen LogP contribution in [0.5, 0.6) is 0 Å². The van der Waals surface area contributed by atoms with Gasteiger partial charge in [0.25, 0.3) is 0 Å². The summed E-state index contributed by atoms with van der Waals surface area (Å²) >= 11 is 0. The number of pyridine rings is 1. The zero-order chi connectivity index (χ0) is 15.7. The maximum Gasteiger partial charge on any atom is 0.120 e. The minimum atomic E-state index is 0. The molecular weight excluding hydrogens is 488 g/mol. The largest absolute Gasteiger partial charge is 0.500 e. The van der Waals surface area contributed by atoms with Gasteiger partial charge in [-0.05, 0) is 29.8 Å². The zero-order valence-corrected chi connectivity index (χ0v) is 15.4. The van der Waals surface area contributed by atoms with Gasteiger partial charge in [0, 0.05) is 25.5 Å². The Balaban J connectivity index is 0.00000140. The Morgan fingerprint density at radius 1 is 0.880 bits per heavy atom. The Morgan fingerprint density at radius 3 is 2.68 bits per heavy atom. The number of hydrogen-bond acceptors (Lipinski definition) is 2. The van der Waals surface area contributed by atoms with Crippen LogP contribution >= 0.6 is 0 Å². The third-order valence-electron chi connectivity index (χ3n) is 4.72. The molecule has 3 aromatic heterocycles. The Morgan fingerprint density at radius 2 is 1.72 bits per heavy atom. The summed E-state index contributed by atoms with van der Waals surface area (Å²) in [5.41, 5.74) is 4.81. The smallest absolute Gasteiger partial charge is 0.120 e.